The molecular formula is C84H52N2. The van der Waals surface area contributed by atoms with Crippen LogP contribution in [0.15, 0.2) is 279 Å². The summed E-state index contributed by atoms with van der Waals surface area (Å²) >= 11 is 0. The summed E-state index contributed by atoms with van der Waals surface area (Å²) in [4.78, 5) is 0. The molecule has 0 saturated heterocycles. The summed E-state index contributed by atoms with van der Waals surface area (Å²) in [7, 11) is 0. The van der Waals surface area contributed by atoms with Crippen molar-refractivity contribution in [1.82, 2.24) is 9.13 Å². The van der Waals surface area contributed by atoms with E-state index in [9.17, 15) is 0 Å². The minimum Gasteiger partial charge on any atom is -0.309 e. The maximum atomic E-state index is 2.53. The third-order valence-electron chi connectivity index (χ3n) is 20.1. The topological polar surface area (TPSA) is 9.86 Å². The van der Waals surface area contributed by atoms with Crippen LogP contribution in [0.25, 0.3) is 165 Å². The molecule has 14 aromatic carbocycles. The first-order valence-corrected chi connectivity index (χ1v) is 30.6. The van der Waals surface area contributed by atoms with Crippen LogP contribution in [0.2, 0.25) is 0 Å². The predicted molar refractivity (Wildman–Crippen MR) is 364 cm³/mol. The van der Waals surface area contributed by atoms with Crippen molar-refractivity contribution < 1.29 is 0 Å². The number of nitrogens with zero attached hydrogens (tertiary/aromatic N) is 2. The van der Waals surface area contributed by atoms with Crippen LogP contribution in [-0.4, -0.2) is 9.13 Å². The van der Waals surface area contributed by atoms with Crippen molar-refractivity contribution in [1.29, 1.82) is 0 Å². The van der Waals surface area contributed by atoms with Crippen LogP contribution in [0.3, 0.4) is 0 Å². The number of aromatic nitrogens is 2. The first kappa shape index (κ1) is 46.7. The first-order valence-electron chi connectivity index (χ1n) is 30.6. The average molecular weight is 1090 g/mol. The number of benzene rings is 14. The monoisotopic (exact) mass is 1090 g/mol. The van der Waals surface area contributed by atoms with Gasteiger partial charge in [-0.2, -0.15) is 0 Å². The van der Waals surface area contributed by atoms with Gasteiger partial charge in [0, 0.05) is 43.9 Å². The number of allylic oxidation sites excluding steroid dienone is 5. The molecule has 0 N–H and O–H groups in total. The molecule has 0 fully saturated rings. The Labute approximate surface area is 496 Å². The summed E-state index contributed by atoms with van der Waals surface area (Å²) in [6.07, 6.45) is 10.8. The van der Waals surface area contributed by atoms with E-state index in [-0.39, 0.29) is 0 Å². The Balaban J connectivity index is 0.703. The minimum atomic E-state index is 0.458. The van der Waals surface area contributed by atoms with Crippen molar-refractivity contribution in [2.45, 2.75) is 25.2 Å². The van der Waals surface area contributed by atoms with Gasteiger partial charge in [0.15, 0.2) is 0 Å². The molecule has 2 heterocycles. The van der Waals surface area contributed by atoms with Gasteiger partial charge in [0.1, 0.15) is 0 Å². The highest BCUT2D eigenvalue weighted by Crippen LogP contribution is 2.56. The summed E-state index contributed by atoms with van der Waals surface area (Å²) in [5, 5.41) is 17.6. The molecule has 398 valence electrons. The van der Waals surface area contributed by atoms with Gasteiger partial charge in [-0.25, -0.2) is 0 Å². The molecule has 0 aliphatic heterocycles. The smallest absolute Gasteiger partial charge is 0.0619 e. The van der Waals surface area contributed by atoms with Gasteiger partial charge >= 0.3 is 0 Å². The molecule has 4 aliphatic carbocycles. The highest BCUT2D eigenvalue weighted by Gasteiger charge is 2.37. The molecule has 2 aromatic heterocycles. The Bertz CT molecular complexity index is 5840. The van der Waals surface area contributed by atoms with Gasteiger partial charge in [0.2, 0.25) is 0 Å². The van der Waals surface area contributed by atoms with Gasteiger partial charge in [-0.1, -0.05) is 218 Å². The summed E-state index contributed by atoms with van der Waals surface area (Å²) < 4.78 is 5.05. The molecule has 86 heavy (non-hydrogen) atoms. The average Bonchev–Trinajstić information content (AvgIpc) is 2.01. The molecule has 1 unspecified atom stereocenters. The number of rotatable bonds is 5. The van der Waals surface area contributed by atoms with E-state index in [0.717, 1.165) is 24.9 Å². The molecule has 0 radical (unpaired) electrons. The first-order chi connectivity index (χ1) is 42.6. The molecule has 2 nitrogen and oxygen atoms in total. The summed E-state index contributed by atoms with van der Waals surface area (Å²) in [5.74, 6) is 0.458. The summed E-state index contributed by atoms with van der Waals surface area (Å²) in [5.41, 5.74) is 27.5. The number of fused-ring (bicyclic) bond motifs is 17. The molecule has 20 rings (SSSR count). The third kappa shape index (κ3) is 6.40. The Morgan fingerprint density at radius 3 is 1.80 bits per heavy atom. The highest BCUT2D eigenvalue weighted by atomic mass is 15.0. The fourth-order valence-corrected chi connectivity index (χ4v) is 16.4. The maximum Gasteiger partial charge on any atom is 0.0619 e. The molecule has 2 heteroatoms. The SMILES string of the molecule is C1=C2C(=CCC1)C1CC=C(c3ccc(-n4c5ccccc5c5cc6cc(-c7ccc8c9ccc%10ccccc%10c9n(-c9ccc%10cc(-c%11ccc%12c%13c(cccc%11%13)-c%11ccccc%11-%12)ccc%10c9)c8c7)ccc6cc54)c4ccccc34)c3cccc2c31. The van der Waals surface area contributed by atoms with Crippen LogP contribution < -0.4 is 0 Å². The van der Waals surface area contributed by atoms with Gasteiger partial charge < -0.3 is 9.13 Å². The second-order valence-electron chi connectivity index (χ2n) is 24.4. The van der Waals surface area contributed by atoms with Gasteiger partial charge in [0.05, 0.1) is 27.8 Å². The number of hydrogen-bond acceptors (Lipinski definition) is 0. The number of hydrogen-bond donors (Lipinski definition) is 0. The standard InChI is InChI=1S/C84H52N2/c1-2-14-59-49(13-1)32-36-76-69-35-33-53(47-80(69)85(84(59)76)57-34-31-51-43-55(30-29-52(51)45-57)58-37-39-74-63-18-5-3-16-61(63)71-23-11-22-70(58)82(71)74)50-27-28-54-48-81-77(46-56(54)44-50)68-21-9-10-26-78(68)86(81)79-42-41-65(60-15-7-8-20-67(60)79)66-38-40-75-64-19-6-4-17-62(64)72-24-12-25-73(66)83(72)75/h1-3,5,7-39,41-48,75H,4,6,40H2. The third-order valence-corrected chi connectivity index (χ3v) is 20.1. The lowest BCUT2D eigenvalue weighted by molar-refractivity contribution is 0.827. The molecule has 0 spiro atoms. The van der Waals surface area contributed by atoms with Crippen molar-refractivity contribution >= 4 is 109 Å². The zero-order chi connectivity index (χ0) is 55.9. The molecule has 0 saturated carbocycles. The lowest BCUT2D eigenvalue weighted by Gasteiger charge is -2.25. The molecule has 0 amide bonds. The van der Waals surface area contributed by atoms with Gasteiger partial charge in [-0.15, -0.1) is 0 Å². The molecule has 16 aromatic rings. The fraction of sp³-hybridized carbons (Fsp3) is 0.0476. The van der Waals surface area contributed by atoms with Gasteiger partial charge in [-0.05, 0) is 200 Å². The van der Waals surface area contributed by atoms with E-state index in [1.807, 2.05) is 0 Å². The van der Waals surface area contributed by atoms with E-state index < -0.39 is 0 Å². The van der Waals surface area contributed by atoms with Crippen molar-refractivity contribution in [3.05, 3.63) is 301 Å². The van der Waals surface area contributed by atoms with Crippen molar-refractivity contribution in [2.75, 3.05) is 0 Å². The predicted octanol–water partition coefficient (Wildman–Crippen LogP) is 22.7. The Morgan fingerprint density at radius 2 is 0.895 bits per heavy atom. The van der Waals surface area contributed by atoms with E-state index in [1.165, 1.54) is 181 Å². The van der Waals surface area contributed by atoms with Crippen molar-refractivity contribution in [2.24, 2.45) is 0 Å². The zero-order valence-corrected chi connectivity index (χ0v) is 47.1. The van der Waals surface area contributed by atoms with E-state index in [0.29, 0.717) is 5.92 Å². The second-order valence-corrected chi connectivity index (χ2v) is 24.4. The van der Waals surface area contributed by atoms with Crippen molar-refractivity contribution in [3.63, 3.8) is 0 Å². The lowest BCUT2D eigenvalue weighted by Crippen LogP contribution is -2.07. The lowest BCUT2D eigenvalue weighted by atomic mass is 9.79. The largest absolute Gasteiger partial charge is 0.309 e. The highest BCUT2D eigenvalue weighted by molar-refractivity contribution is 6.21. The Hall–Kier alpha value is -10.8. The van der Waals surface area contributed by atoms with Crippen molar-refractivity contribution in [3.8, 4) is 55.9 Å². The maximum absolute atomic E-state index is 2.53. The summed E-state index contributed by atoms with van der Waals surface area (Å²) in [6.45, 7) is 0. The van der Waals surface area contributed by atoms with Crippen LogP contribution >= 0.6 is 0 Å². The van der Waals surface area contributed by atoms with E-state index in [2.05, 4.69) is 282 Å². The van der Waals surface area contributed by atoms with Gasteiger partial charge in [-0.3, -0.25) is 0 Å². The molecular weight excluding hydrogens is 1040 g/mol. The number of para-hydroxylation sites is 1. The quantitative estimate of drug-likeness (QED) is 0.163. The van der Waals surface area contributed by atoms with Crippen LogP contribution in [-0.2, 0) is 0 Å². The van der Waals surface area contributed by atoms with Crippen LogP contribution in [0.4, 0.5) is 0 Å². The van der Waals surface area contributed by atoms with E-state index in [1.54, 1.807) is 5.57 Å². The van der Waals surface area contributed by atoms with Crippen LogP contribution in [0.1, 0.15) is 47.4 Å². The molecule has 0 bridgehead atoms. The van der Waals surface area contributed by atoms with Crippen LogP contribution in [0, 0.1) is 0 Å². The normalized spacial score (nSPS) is 14.9. The second kappa shape index (κ2) is 17.4. The fourth-order valence-electron chi connectivity index (χ4n) is 16.4. The van der Waals surface area contributed by atoms with Crippen LogP contribution in [0.5, 0.6) is 0 Å². The molecule has 4 aliphatic rings. The van der Waals surface area contributed by atoms with E-state index in [4.69, 9.17) is 0 Å². The molecule has 1 atom stereocenters. The Morgan fingerprint density at radius 1 is 0.291 bits per heavy atom. The zero-order valence-electron chi connectivity index (χ0n) is 47.1. The van der Waals surface area contributed by atoms with Gasteiger partial charge in [0.25, 0.3) is 0 Å². The summed E-state index contributed by atoms with van der Waals surface area (Å²) in [6, 6.07) is 96.8. The van der Waals surface area contributed by atoms with E-state index >= 15 is 0 Å². The minimum absolute atomic E-state index is 0.458. The Kier molecular flexibility index (Phi) is 9.44.